The number of carbonyl (C=O) groups excluding carboxylic acids is 1. The van der Waals surface area contributed by atoms with Crippen molar-refractivity contribution in [3.8, 4) is 0 Å². The Morgan fingerprint density at radius 2 is 2.05 bits per heavy atom. The third-order valence-corrected chi connectivity index (χ3v) is 4.41. The Morgan fingerprint density at radius 1 is 1.37 bits per heavy atom. The number of amides is 1. The van der Waals surface area contributed by atoms with E-state index >= 15 is 0 Å². The highest BCUT2D eigenvalue weighted by Gasteiger charge is 2.30. The van der Waals surface area contributed by atoms with Gasteiger partial charge in [0.15, 0.2) is 0 Å². The lowest BCUT2D eigenvalue weighted by Gasteiger charge is -2.24. The smallest absolute Gasteiger partial charge is 0.328 e. The number of carbonyl (C=O) groups is 2. The minimum atomic E-state index is -0.988. The molecule has 0 bridgehead atoms. The summed E-state index contributed by atoms with van der Waals surface area (Å²) in [5, 5.41) is 11.6. The van der Waals surface area contributed by atoms with Gasteiger partial charge >= 0.3 is 5.97 Å². The standard InChI is InChI=1S/C14H17NO3S/c1-14(8-2-3-9-14)15-13(18)11-6-4-10(19-11)5-7-12(16)17/h4-7H,2-3,8-9H2,1H3,(H,15,18)(H,16,17). The van der Waals surface area contributed by atoms with E-state index < -0.39 is 5.97 Å². The molecule has 1 aliphatic rings. The summed E-state index contributed by atoms with van der Waals surface area (Å²) in [6.45, 7) is 2.08. The van der Waals surface area contributed by atoms with Gasteiger partial charge in [-0.2, -0.15) is 0 Å². The van der Waals surface area contributed by atoms with Crippen LogP contribution in [-0.2, 0) is 4.79 Å². The first-order valence-corrected chi connectivity index (χ1v) is 7.14. The maximum Gasteiger partial charge on any atom is 0.328 e. The summed E-state index contributed by atoms with van der Waals surface area (Å²) >= 11 is 1.30. The SMILES string of the molecule is CC1(NC(=O)c2ccc(C=CC(=O)O)s2)CCCC1. The van der Waals surface area contributed by atoms with Gasteiger partial charge in [0.25, 0.3) is 5.91 Å². The van der Waals surface area contributed by atoms with E-state index in [0.717, 1.165) is 36.6 Å². The molecule has 0 atom stereocenters. The normalized spacial score (nSPS) is 17.7. The second kappa shape index (κ2) is 5.57. The van der Waals surface area contributed by atoms with E-state index in [0.29, 0.717) is 4.88 Å². The molecule has 102 valence electrons. The molecule has 19 heavy (non-hydrogen) atoms. The fourth-order valence-corrected chi connectivity index (χ4v) is 3.14. The lowest BCUT2D eigenvalue weighted by atomic mass is 10.0. The highest BCUT2D eigenvalue weighted by Crippen LogP contribution is 2.29. The lowest BCUT2D eigenvalue weighted by molar-refractivity contribution is -0.131. The van der Waals surface area contributed by atoms with Crippen LogP contribution in [0.5, 0.6) is 0 Å². The molecule has 1 aromatic heterocycles. The van der Waals surface area contributed by atoms with Gasteiger partial charge in [0.05, 0.1) is 4.88 Å². The predicted molar refractivity (Wildman–Crippen MR) is 75.3 cm³/mol. The Hall–Kier alpha value is -1.62. The number of aliphatic carboxylic acids is 1. The summed E-state index contributed by atoms with van der Waals surface area (Å²) in [5.41, 5.74) is -0.0852. The van der Waals surface area contributed by atoms with Crippen molar-refractivity contribution in [1.82, 2.24) is 5.32 Å². The molecule has 1 aromatic rings. The fraction of sp³-hybridized carbons (Fsp3) is 0.429. The van der Waals surface area contributed by atoms with Gasteiger partial charge in [-0.15, -0.1) is 11.3 Å². The molecule has 1 heterocycles. The van der Waals surface area contributed by atoms with Crippen LogP contribution in [0.2, 0.25) is 0 Å². The fourth-order valence-electron chi connectivity index (χ4n) is 2.33. The molecular formula is C14H17NO3S. The van der Waals surface area contributed by atoms with Crippen LogP contribution in [0.3, 0.4) is 0 Å². The molecule has 1 aliphatic carbocycles. The molecule has 0 aliphatic heterocycles. The van der Waals surface area contributed by atoms with Gasteiger partial charge in [-0.25, -0.2) is 4.79 Å². The average Bonchev–Trinajstić information content (AvgIpc) is 2.95. The third-order valence-electron chi connectivity index (χ3n) is 3.36. The topological polar surface area (TPSA) is 66.4 Å². The number of thiophene rings is 1. The number of rotatable bonds is 4. The molecule has 0 spiro atoms. The van der Waals surface area contributed by atoms with E-state index in [2.05, 4.69) is 12.2 Å². The van der Waals surface area contributed by atoms with Crippen molar-refractivity contribution in [3.05, 3.63) is 28.0 Å². The van der Waals surface area contributed by atoms with Crippen LogP contribution in [0.25, 0.3) is 6.08 Å². The minimum absolute atomic E-state index is 0.0654. The molecule has 1 saturated carbocycles. The Bertz CT molecular complexity index is 513. The van der Waals surface area contributed by atoms with Gasteiger partial charge in [0, 0.05) is 16.5 Å². The molecule has 5 heteroatoms. The zero-order chi connectivity index (χ0) is 13.9. The van der Waals surface area contributed by atoms with Crippen LogP contribution in [-0.4, -0.2) is 22.5 Å². The van der Waals surface area contributed by atoms with E-state index in [4.69, 9.17) is 5.11 Å². The van der Waals surface area contributed by atoms with Crippen molar-refractivity contribution in [1.29, 1.82) is 0 Å². The zero-order valence-corrected chi connectivity index (χ0v) is 11.6. The van der Waals surface area contributed by atoms with Gasteiger partial charge in [-0.1, -0.05) is 12.8 Å². The number of nitrogens with one attached hydrogen (secondary N) is 1. The van der Waals surface area contributed by atoms with Crippen molar-refractivity contribution >= 4 is 29.3 Å². The first-order chi connectivity index (χ1) is 8.98. The van der Waals surface area contributed by atoms with E-state index in [-0.39, 0.29) is 11.4 Å². The summed E-state index contributed by atoms with van der Waals surface area (Å²) in [5.74, 6) is -1.05. The highest BCUT2D eigenvalue weighted by atomic mass is 32.1. The Morgan fingerprint density at radius 3 is 2.68 bits per heavy atom. The zero-order valence-electron chi connectivity index (χ0n) is 10.8. The van der Waals surface area contributed by atoms with E-state index in [1.807, 2.05) is 0 Å². The Labute approximate surface area is 116 Å². The predicted octanol–water partition coefficient (Wildman–Crippen LogP) is 2.91. The highest BCUT2D eigenvalue weighted by molar-refractivity contribution is 7.14. The van der Waals surface area contributed by atoms with Crippen molar-refractivity contribution in [2.45, 2.75) is 38.1 Å². The van der Waals surface area contributed by atoms with Crippen LogP contribution in [0, 0.1) is 0 Å². The van der Waals surface area contributed by atoms with Crippen LogP contribution in [0.4, 0.5) is 0 Å². The summed E-state index contributed by atoms with van der Waals surface area (Å²) in [7, 11) is 0. The number of hydrogen-bond acceptors (Lipinski definition) is 3. The molecular weight excluding hydrogens is 262 g/mol. The van der Waals surface area contributed by atoms with Crippen molar-refractivity contribution in [2.24, 2.45) is 0 Å². The summed E-state index contributed by atoms with van der Waals surface area (Å²) in [4.78, 5) is 23.9. The minimum Gasteiger partial charge on any atom is -0.478 e. The largest absolute Gasteiger partial charge is 0.478 e. The first kappa shape index (κ1) is 13.8. The van der Waals surface area contributed by atoms with E-state index in [1.165, 1.54) is 17.4 Å². The van der Waals surface area contributed by atoms with Gasteiger partial charge < -0.3 is 10.4 Å². The molecule has 4 nitrogen and oxygen atoms in total. The van der Waals surface area contributed by atoms with Crippen LogP contribution in [0.15, 0.2) is 18.2 Å². The summed E-state index contributed by atoms with van der Waals surface area (Å²) in [6.07, 6.45) is 6.94. The molecule has 0 unspecified atom stereocenters. The second-order valence-electron chi connectivity index (χ2n) is 5.10. The summed E-state index contributed by atoms with van der Waals surface area (Å²) < 4.78 is 0. The third kappa shape index (κ3) is 3.67. The van der Waals surface area contributed by atoms with Gasteiger partial charge in [0.2, 0.25) is 0 Å². The molecule has 0 saturated heterocycles. The Balaban J connectivity index is 2.02. The number of carboxylic acids is 1. The molecule has 1 fully saturated rings. The van der Waals surface area contributed by atoms with Crippen LogP contribution >= 0.6 is 11.3 Å². The average molecular weight is 279 g/mol. The van der Waals surface area contributed by atoms with Gasteiger partial charge in [-0.05, 0) is 38.0 Å². The van der Waals surface area contributed by atoms with Crippen molar-refractivity contribution < 1.29 is 14.7 Å². The van der Waals surface area contributed by atoms with Crippen molar-refractivity contribution in [2.75, 3.05) is 0 Å². The number of carboxylic acid groups (broad SMARTS) is 1. The molecule has 1 amide bonds. The maximum atomic E-state index is 12.1. The Kier molecular flexibility index (Phi) is 4.04. The van der Waals surface area contributed by atoms with Gasteiger partial charge in [-0.3, -0.25) is 4.79 Å². The first-order valence-electron chi connectivity index (χ1n) is 6.32. The van der Waals surface area contributed by atoms with E-state index in [9.17, 15) is 9.59 Å². The quantitative estimate of drug-likeness (QED) is 0.833. The molecule has 0 radical (unpaired) electrons. The molecule has 2 N–H and O–H groups in total. The van der Waals surface area contributed by atoms with Crippen LogP contribution < -0.4 is 5.32 Å². The number of hydrogen-bond donors (Lipinski definition) is 2. The van der Waals surface area contributed by atoms with Gasteiger partial charge in [0.1, 0.15) is 0 Å². The van der Waals surface area contributed by atoms with Crippen molar-refractivity contribution in [3.63, 3.8) is 0 Å². The maximum absolute atomic E-state index is 12.1. The molecule has 2 rings (SSSR count). The lowest BCUT2D eigenvalue weighted by Crippen LogP contribution is -2.43. The van der Waals surface area contributed by atoms with E-state index in [1.54, 1.807) is 12.1 Å². The molecule has 0 aromatic carbocycles. The van der Waals surface area contributed by atoms with Crippen LogP contribution in [0.1, 0.15) is 47.2 Å². The second-order valence-corrected chi connectivity index (χ2v) is 6.21. The summed E-state index contributed by atoms with van der Waals surface area (Å²) in [6, 6.07) is 3.50. The monoisotopic (exact) mass is 279 g/mol.